The fourth-order valence-corrected chi connectivity index (χ4v) is 3.10. The molecule has 0 saturated carbocycles. The van der Waals surface area contributed by atoms with Gasteiger partial charge in [-0.25, -0.2) is 0 Å². The molecule has 0 radical (unpaired) electrons. The lowest BCUT2D eigenvalue weighted by Gasteiger charge is -2.05. The van der Waals surface area contributed by atoms with Gasteiger partial charge >= 0.3 is 0 Å². The van der Waals surface area contributed by atoms with Crippen LogP contribution in [0.15, 0.2) is 0 Å². The molecule has 0 amide bonds. The van der Waals surface area contributed by atoms with Crippen LogP contribution in [0.1, 0.15) is 130 Å². The van der Waals surface area contributed by atoms with E-state index in [0.29, 0.717) is 0 Å². The molecule has 0 fully saturated rings. The monoisotopic (exact) mass is 313 g/mol. The number of rotatable bonds is 17. The molecular formula is C21H47N. The van der Waals surface area contributed by atoms with Gasteiger partial charge in [-0.1, -0.05) is 130 Å². The zero-order valence-corrected chi connectivity index (χ0v) is 16.3. The summed E-state index contributed by atoms with van der Waals surface area (Å²) in [5, 5.41) is 0. The third kappa shape index (κ3) is 22.2. The quantitative estimate of drug-likeness (QED) is 0.268. The molecule has 0 aromatic heterocycles. The Hall–Kier alpha value is -0.0400. The molecule has 0 unspecified atom stereocenters. The average Bonchev–Trinajstić information content (AvgIpc) is 2.46. The van der Waals surface area contributed by atoms with Crippen molar-refractivity contribution in [1.29, 1.82) is 0 Å². The van der Waals surface area contributed by atoms with Crippen molar-refractivity contribution >= 4 is 0 Å². The summed E-state index contributed by atoms with van der Waals surface area (Å²) < 4.78 is 0. The summed E-state index contributed by atoms with van der Waals surface area (Å²) in [6, 6.07) is 0. The number of hydrogen-bond donors (Lipinski definition) is 1. The fraction of sp³-hybridized carbons (Fsp3) is 1.00. The largest absolute Gasteiger partial charge is 0.344 e. The minimum Gasteiger partial charge on any atom is -0.344 e. The van der Waals surface area contributed by atoms with Crippen molar-refractivity contribution in [3.63, 3.8) is 0 Å². The van der Waals surface area contributed by atoms with E-state index in [9.17, 15) is 0 Å². The standard InChI is InChI=1S/C21H44.H3N/c1-4-5-6-7-8-9-10-11-12-13-14-15-16-17-18-19-20-21(2)3;/h21H,4-20H2,1-3H3;1H3. The average molecular weight is 314 g/mol. The molecule has 136 valence electrons. The zero-order valence-electron chi connectivity index (χ0n) is 16.3. The van der Waals surface area contributed by atoms with Crippen molar-refractivity contribution in [3.8, 4) is 0 Å². The van der Waals surface area contributed by atoms with Gasteiger partial charge in [0, 0.05) is 0 Å². The molecule has 3 N–H and O–H groups in total. The van der Waals surface area contributed by atoms with Gasteiger partial charge in [-0.2, -0.15) is 0 Å². The van der Waals surface area contributed by atoms with E-state index >= 15 is 0 Å². The summed E-state index contributed by atoms with van der Waals surface area (Å²) in [7, 11) is 0. The summed E-state index contributed by atoms with van der Waals surface area (Å²) in [6.07, 6.45) is 25.0. The first kappa shape index (κ1) is 24.2. The van der Waals surface area contributed by atoms with Crippen molar-refractivity contribution in [1.82, 2.24) is 6.15 Å². The molecule has 0 rings (SSSR count). The molecule has 0 bridgehead atoms. The molecule has 0 aliphatic carbocycles. The Morgan fingerprint density at radius 2 is 0.727 bits per heavy atom. The van der Waals surface area contributed by atoms with Crippen LogP contribution in [0.2, 0.25) is 0 Å². The highest BCUT2D eigenvalue weighted by Crippen LogP contribution is 2.14. The Bertz CT molecular complexity index is 177. The lowest BCUT2D eigenvalue weighted by atomic mass is 10.0. The van der Waals surface area contributed by atoms with Crippen LogP contribution in [0, 0.1) is 5.92 Å². The van der Waals surface area contributed by atoms with Gasteiger partial charge in [0.1, 0.15) is 0 Å². The van der Waals surface area contributed by atoms with Crippen LogP contribution in [-0.2, 0) is 0 Å². The second-order valence-corrected chi connectivity index (χ2v) is 7.49. The minimum absolute atomic E-state index is 0. The lowest BCUT2D eigenvalue weighted by molar-refractivity contribution is 0.502. The maximum atomic E-state index is 2.34. The van der Waals surface area contributed by atoms with Crippen LogP contribution in [0.5, 0.6) is 0 Å². The van der Waals surface area contributed by atoms with Crippen LogP contribution in [-0.4, -0.2) is 0 Å². The molecule has 0 spiro atoms. The third-order valence-corrected chi connectivity index (χ3v) is 4.64. The van der Waals surface area contributed by atoms with Gasteiger partial charge in [0.15, 0.2) is 0 Å². The van der Waals surface area contributed by atoms with Gasteiger partial charge in [0.25, 0.3) is 0 Å². The Morgan fingerprint density at radius 1 is 0.455 bits per heavy atom. The van der Waals surface area contributed by atoms with E-state index in [1.165, 1.54) is 109 Å². The van der Waals surface area contributed by atoms with Gasteiger partial charge in [0.05, 0.1) is 0 Å². The van der Waals surface area contributed by atoms with Crippen molar-refractivity contribution in [3.05, 3.63) is 0 Å². The summed E-state index contributed by atoms with van der Waals surface area (Å²) >= 11 is 0. The van der Waals surface area contributed by atoms with E-state index in [4.69, 9.17) is 0 Å². The molecule has 0 aromatic carbocycles. The first-order chi connectivity index (χ1) is 10.3. The first-order valence-corrected chi connectivity index (χ1v) is 10.3. The third-order valence-electron chi connectivity index (χ3n) is 4.64. The number of hydrogen-bond acceptors (Lipinski definition) is 1. The zero-order chi connectivity index (χ0) is 15.6. The van der Waals surface area contributed by atoms with Crippen LogP contribution in [0.25, 0.3) is 0 Å². The highest BCUT2D eigenvalue weighted by molar-refractivity contribution is 4.51. The molecule has 0 aliphatic rings. The molecule has 0 aromatic rings. The van der Waals surface area contributed by atoms with Crippen LogP contribution >= 0.6 is 0 Å². The first-order valence-electron chi connectivity index (χ1n) is 10.3. The Labute approximate surface area is 142 Å². The lowest BCUT2D eigenvalue weighted by Crippen LogP contribution is -1.87. The topological polar surface area (TPSA) is 35.0 Å². The summed E-state index contributed by atoms with van der Waals surface area (Å²) in [6.45, 7) is 6.97. The smallest absolute Gasteiger partial charge is 0.0471 e. The second-order valence-electron chi connectivity index (χ2n) is 7.49. The number of unbranched alkanes of at least 4 members (excludes halogenated alkanes) is 15. The van der Waals surface area contributed by atoms with E-state index in [0.717, 1.165) is 5.92 Å². The molecule has 0 saturated heterocycles. The van der Waals surface area contributed by atoms with Gasteiger partial charge in [0.2, 0.25) is 0 Å². The van der Waals surface area contributed by atoms with Gasteiger partial charge in [-0.05, 0) is 5.92 Å². The van der Waals surface area contributed by atoms with E-state index in [1.807, 2.05) is 0 Å². The second kappa shape index (κ2) is 21.0. The fourth-order valence-electron chi connectivity index (χ4n) is 3.10. The Morgan fingerprint density at radius 3 is 1.00 bits per heavy atom. The molecule has 0 atom stereocenters. The van der Waals surface area contributed by atoms with E-state index < -0.39 is 0 Å². The van der Waals surface area contributed by atoms with E-state index in [-0.39, 0.29) is 6.15 Å². The highest BCUT2D eigenvalue weighted by atomic mass is 14.0. The normalized spacial score (nSPS) is 10.9. The highest BCUT2D eigenvalue weighted by Gasteiger charge is 1.96. The Balaban J connectivity index is 0. The van der Waals surface area contributed by atoms with E-state index in [2.05, 4.69) is 20.8 Å². The van der Waals surface area contributed by atoms with Crippen molar-refractivity contribution in [2.45, 2.75) is 130 Å². The van der Waals surface area contributed by atoms with Gasteiger partial charge < -0.3 is 6.15 Å². The summed E-state index contributed by atoms with van der Waals surface area (Å²) in [5.74, 6) is 0.900. The molecule has 0 heterocycles. The predicted octanol–water partition coefficient (Wildman–Crippen LogP) is 8.46. The van der Waals surface area contributed by atoms with Crippen molar-refractivity contribution in [2.75, 3.05) is 0 Å². The van der Waals surface area contributed by atoms with Crippen molar-refractivity contribution < 1.29 is 0 Å². The maximum absolute atomic E-state index is 2.34. The molecule has 22 heavy (non-hydrogen) atoms. The SMILES string of the molecule is CCCCCCCCCCCCCCCCCCC(C)C.N. The molecule has 0 aliphatic heterocycles. The summed E-state index contributed by atoms with van der Waals surface area (Å²) in [4.78, 5) is 0. The molecule has 1 nitrogen and oxygen atoms in total. The summed E-state index contributed by atoms with van der Waals surface area (Å²) in [5.41, 5.74) is 0. The predicted molar refractivity (Wildman–Crippen MR) is 104 cm³/mol. The van der Waals surface area contributed by atoms with E-state index in [1.54, 1.807) is 0 Å². The van der Waals surface area contributed by atoms with Gasteiger partial charge in [-0.3, -0.25) is 0 Å². The maximum Gasteiger partial charge on any atom is -0.0471 e. The molecule has 1 heteroatoms. The van der Waals surface area contributed by atoms with Crippen LogP contribution < -0.4 is 6.15 Å². The molecular weight excluding hydrogens is 266 g/mol. The minimum atomic E-state index is 0. The Kier molecular flexibility index (Phi) is 23.1. The van der Waals surface area contributed by atoms with Crippen LogP contribution in [0.4, 0.5) is 0 Å². The van der Waals surface area contributed by atoms with Crippen molar-refractivity contribution in [2.24, 2.45) is 5.92 Å². The van der Waals surface area contributed by atoms with Gasteiger partial charge in [-0.15, -0.1) is 0 Å². The van der Waals surface area contributed by atoms with Crippen LogP contribution in [0.3, 0.4) is 0 Å².